The Hall–Kier alpha value is 3.00. The van der Waals surface area contributed by atoms with Crippen molar-refractivity contribution in [2.75, 3.05) is 0 Å². The second kappa shape index (κ2) is 23.0. The van der Waals surface area contributed by atoms with Crippen LogP contribution in [-0.2, 0) is 48.9 Å². The van der Waals surface area contributed by atoms with Gasteiger partial charge in [0.15, 0.2) is 0 Å². The Morgan fingerprint density at radius 3 is 0.714 bits per heavy atom. The van der Waals surface area contributed by atoms with Crippen LogP contribution in [0.4, 0.5) is 0 Å². The van der Waals surface area contributed by atoms with Crippen LogP contribution in [0.3, 0.4) is 0 Å². The van der Waals surface area contributed by atoms with E-state index < -0.39 is 0 Å². The average Bonchev–Trinajstić information content (AvgIpc) is 1.39. The maximum Gasteiger partial charge on any atom is 0 e. The molecule has 0 bridgehead atoms. The van der Waals surface area contributed by atoms with E-state index in [1.54, 1.807) is 0 Å². The molecule has 0 nitrogen and oxygen atoms in total. The molecule has 0 N–H and O–H groups in total. The third-order valence-electron chi connectivity index (χ3n) is 0. The SMILES string of the molecule is [Cl][Pd][Cl].[Cl][Pd][Cl].[Fe]. The molecule has 0 fully saturated rings. The number of hydrogen-bond acceptors (Lipinski definition) is 0. The quantitative estimate of drug-likeness (QED) is 0.539. The first-order valence-electron chi connectivity index (χ1n) is 0.478. The predicted octanol–water partition coefficient (Wildman–Crippen LogP) is 2.75. The molecule has 0 aromatic rings. The molecule has 0 atom stereocenters. The van der Waals surface area contributed by atoms with Gasteiger partial charge in [0.2, 0.25) is 0 Å². The number of hydrogen-bond donors (Lipinski definition) is 0. The van der Waals surface area contributed by atoms with E-state index in [-0.39, 0.29) is 48.9 Å². The summed E-state index contributed by atoms with van der Waals surface area (Å²) in [6.07, 6.45) is 0. The molecule has 0 rings (SSSR count). The van der Waals surface area contributed by atoms with Gasteiger partial charge in [0.05, 0.1) is 0 Å². The fourth-order valence-corrected chi connectivity index (χ4v) is 0. The first kappa shape index (κ1) is 16.5. The van der Waals surface area contributed by atoms with Crippen molar-refractivity contribution in [3.8, 4) is 0 Å². The van der Waals surface area contributed by atoms with E-state index in [1.807, 2.05) is 0 Å². The third-order valence-corrected chi connectivity index (χ3v) is 0. The fraction of sp³-hybridized carbons (Fsp3) is 0. The molecule has 0 aromatic carbocycles. The van der Waals surface area contributed by atoms with Gasteiger partial charge in [-0.25, -0.2) is 0 Å². The average molecular weight is 410 g/mol. The van der Waals surface area contributed by atoms with E-state index >= 15 is 0 Å². The van der Waals surface area contributed by atoms with Crippen LogP contribution in [0.5, 0.6) is 0 Å². The maximum atomic E-state index is 4.81. The molecular weight excluding hydrogens is 410 g/mol. The summed E-state index contributed by atoms with van der Waals surface area (Å²) in [5, 5.41) is 0. The topological polar surface area (TPSA) is 0 Å². The number of rotatable bonds is 0. The normalized spacial score (nSPS) is 6.29. The van der Waals surface area contributed by atoms with E-state index in [0.717, 1.165) is 0 Å². The summed E-state index contributed by atoms with van der Waals surface area (Å²) in [6.45, 7) is 0. The second-order valence-corrected chi connectivity index (χ2v) is 4.81. The van der Waals surface area contributed by atoms with Crippen molar-refractivity contribution in [2.24, 2.45) is 0 Å². The summed E-state index contributed by atoms with van der Waals surface area (Å²) in [7, 11) is 19.3. The first-order valence-corrected chi connectivity index (χ1v) is 8.49. The molecular formula is Cl4FePd2. The van der Waals surface area contributed by atoms with E-state index in [0.29, 0.717) is 0 Å². The second-order valence-electron chi connectivity index (χ2n) is 0.0904. The molecule has 0 spiro atoms. The first-order chi connectivity index (χ1) is 2.83. The van der Waals surface area contributed by atoms with Crippen molar-refractivity contribution in [1.29, 1.82) is 0 Å². The van der Waals surface area contributed by atoms with Gasteiger partial charge in [-0.2, -0.15) is 0 Å². The predicted molar refractivity (Wildman–Crippen MR) is 23.4 cm³/mol. The zero-order valence-corrected chi connectivity index (χ0v) is 9.73. The van der Waals surface area contributed by atoms with E-state index in [2.05, 4.69) is 0 Å². The summed E-state index contributed by atoms with van der Waals surface area (Å²) >= 11 is -0.211. The minimum Gasteiger partial charge on any atom is 0 e. The molecule has 0 radical (unpaired) electrons. The van der Waals surface area contributed by atoms with Crippen LogP contribution in [0, 0.1) is 0 Å². The Morgan fingerprint density at radius 2 is 0.714 bits per heavy atom. The van der Waals surface area contributed by atoms with Gasteiger partial charge in [0.25, 0.3) is 0 Å². The van der Waals surface area contributed by atoms with Crippen LogP contribution < -0.4 is 0 Å². The minimum absolute atomic E-state index is 0. The van der Waals surface area contributed by atoms with Gasteiger partial charge in [-0.05, 0) is 0 Å². The fourth-order valence-electron chi connectivity index (χ4n) is 0. The summed E-state index contributed by atoms with van der Waals surface area (Å²) in [5.41, 5.74) is 0. The third kappa shape index (κ3) is 48.9. The Labute approximate surface area is 85.7 Å². The zero-order chi connectivity index (χ0) is 5.41. The number of halogens is 4. The maximum absolute atomic E-state index is 4.81. The van der Waals surface area contributed by atoms with Gasteiger partial charge in [-0.3, -0.25) is 0 Å². The van der Waals surface area contributed by atoms with Crippen molar-refractivity contribution in [2.45, 2.75) is 0 Å². The van der Waals surface area contributed by atoms with E-state index in [1.165, 1.54) is 0 Å². The van der Waals surface area contributed by atoms with Crippen molar-refractivity contribution < 1.29 is 48.9 Å². The van der Waals surface area contributed by atoms with Crippen LogP contribution in [0.1, 0.15) is 0 Å². The largest absolute Gasteiger partial charge is 0 e. The van der Waals surface area contributed by atoms with Crippen LogP contribution in [0.25, 0.3) is 0 Å². The molecule has 56 valence electrons. The molecule has 0 saturated heterocycles. The van der Waals surface area contributed by atoms with Gasteiger partial charge < -0.3 is 0 Å². The van der Waals surface area contributed by atoms with Crippen LogP contribution in [-0.4, -0.2) is 0 Å². The molecule has 0 aromatic heterocycles. The van der Waals surface area contributed by atoms with Gasteiger partial charge in [-0.1, -0.05) is 0 Å². The molecule has 0 amide bonds. The molecule has 0 aliphatic carbocycles. The summed E-state index contributed by atoms with van der Waals surface area (Å²) < 4.78 is 0. The van der Waals surface area contributed by atoms with Crippen LogP contribution in [0.2, 0.25) is 0 Å². The summed E-state index contributed by atoms with van der Waals surface area (Å²) in [6, 6.07) is 0. The van der Waals surface area contributed by atoms with Crippen molar-refractivity contribution in [1.82, 2.24) is 0 Å². The Balaban J connectivity index is -0.0000000400. The van der Waals surface area contributed by atoms with E-state index in [9.17, 15) is 0 Å². The van der Waals surface area contributed by atoms with Crippen molar-refractivity contribution in [3.05, 3.63) is 0 Å². The minimum atomic E-state index is -0.106. The summed E-state index contributed by atoms with van der Waals surface area (Å²) in [5.74, 6) is 0. The molecule has 7 heteroatoms. The van der Waals surface area contributed by atoms with Crippen molar-refractivity contribution >= 4 is 38.1 Å². The van der Waals surface area contributed by atoms with Gasteiger partial charge in [0.1, 0.15) is 0 Å². The standard InChI is InChI=1S/4ClH.Fe.2Pd/h4*1H;;;/q;;;;;2*+2/p-4. The van der Waals surface area contributed by atoms with Crippen LogP contribution in [0.15, 0.2) is 0 Å². The molecule has 0 aliphatic heterocycles. The molecule has 0 aliphatic rings. The molecule has 0 saturated carbocycles. The summed E-state index contributed by atoms with van der Waals surface area (Å²) in [4.78, 5) is 0. The van der Waals surface area contributed by atoms with E-state index in [4.69, 9.17) is 38.1 Å². The monoisotopic (exact) mass is 408 g/mol. The van der Waals surface area contributed by atoms with Crippen molar-refractivity contribution in [3.63, 3.8) is 0 Å². The Bertz CT molecular complexity index is 11.7. The smallest absolute Gasteiger partial charge is 0 e. The zero-order valence-electron chi connectivity index (χ0n) is 2.50. The Morgan fingerprint density at radius 1 is 0.714 bits per heavy atom. The Kier molecular flexibility index (Phi) is 54.4. The van der Waals surface area contributed by atoms with Gasteiger partial charge >= 0.3 is 70.0 Å². The molecule has 7 heavy (non-hydrogen) atoms. The van der Waals surface area contributed by atoms with Crippen LogP contribution >= 0.6 is 38.1 Å². The van der Waals surface area contributed by atoms with Gasteiger partial charge in [-0.15, -0.1) is 0 Å². The van der Waals surface area contributed by atoms with Gasteiger partial charge in [0, 0.05) is 17.1 Å². The molecule has 0 heterocycles. The molecule has 0 unspecified atom stereocenters.